The van der Waals surface area contributed by atoms with Gasteiger partial charge in [-0.15, -0.1) is 0 Å². The summed E-state index contributed by atoms with van der Waals surface area (Å²) < 4.78 is 4.72. The number of methoxy groups -OCH3 is 1. The molecule has 6 nitrogen and oxygen atoms in total. The largest absolute Gasteiger partial charge is 0.508 e. The molecule has 0 radical (unpaired) electrons. The standard InChI is InChI=1S/C15H17N3O3/c1-3-15(9-16,10-17)18-13(14(20)21-2)8-11-4-6-12(19)7-5-11/h4-7,13,18-19H,3,8H2,1-2H3. The number of rotatable bonds is 6. The molecule has 2 N–H and O–H groups in total. The lowest BCUT2D eigenvalue weighted by atomic mass is 9.96. The van der Waals surface area contributed by atoms with Gasteiger partial charge in [-0.25, -0.2) is 0 Å². The fourth-order valence-electron chi connectivity index (χ4n) is 1.85. The van der Waals surface area contributed by atoms with E-state index in [4.69, 9.17) is 15.3 Å². The van der Waals surface area contributed by atoms with Gasteiger partial charge in [0, 0.05) is 0 Å². The second-order valence-electron chi connectivity index (χ2n) is 4.57. The molecule has 1 aromatic rings. The first-order chi connectivity index (χ1) is 10.00. The Balaban J connectivity index is 2.97. The first-order valence-corrected chi connectivity index (χ1v) is 6.46. The molecule has 110 valence electrons. The summed E-state index contributed by atoms with van der Waals surface area (Å²) in [5.41, 5.74) is -0.660. The normalized spacial score (nSPS) is 12.0. The number of hydrogen-bond donors (Lipinski definition) is 2. The molecular formula is C15H17N3O3. The van der Waals surface area contributed by atoms with Crippen LogP contribution in [-0.4, -0.2) is 29.8 Å². The van der Waals surface area contributed by atoms with Gasteiger partial charge >= 0.3 is 5.97 Å². The van der Waals surface area contributed by atoms with Gasteiger partial charge in [0.2, 0.25) is 0 Å². The maximum atomic E-state index is 11.9. The number of nitrogens with zero attached hydrogens (tertiary/aromatic N) is 2. The number of carbonyl (C=O) groups is 1. The highest BCUT2D eigenvalue weighted by molar-refractivity contribution is 5.76. The van der Waals surface area contributed by atoms with Crippen molar-refractivity contribution < 1.29 is 14.6 Å². The van der Waals surface area contributed by atoms with E-state index in [1.54, 1.807) is 19.1 Å². The number of aromatic hydroxyl groups is 1. The first-order valence-electron chi connectivity index (χ1n) is 6.46. The van der Waals surface area contributed by atoms with Crippen LogP contribution in [0.25, 0.3) is 0 Å². The van der Waals surface area contributed by atoms with Gasteiger partial charge in [0.05, 0.1) is 7.11 Å². The fourth-order valence-corrected chi connectivity index (χ4v) is 1.85. The van der Waals surface area contributed by atoms with E-state index in [2.05, 4.69) is 5.32 Å². The summed E-state index contributed by atoms with van der Waals surface area (Å²) in [6, 6.07) is 9.32. The van der Waals surface area contributed by atoms with Crippen LogP contribution in [0.4, 0.5) is 0 Å². The number of hydrogen-bond acceptors (Lipinski definition) is 6. The molecule has 0 spiro atoms. The van der Waals surface area contributed by atoms with Crippen LogP contribution in [0.1, 0.15) is 18.9 Å². The van der Waals surface area contributed by atoms with Crippen LogP contribution in [0.2, 0.25) is 0 Å². The summed E-state index contributed by atoms with van der Waals surface area (Å²) in [6.07, 6.45) is 0.487. The van der Waals surface area contributed by atoms with Gasteiger partial charge in [-0.1, -0.05) is 19.1 Å². The van der Waals surface area contributed by atoms with Crippen LogP contribution < -0.4 is 5.32 Å². The number of phenols is 1. The lowest BCUT2D eigenvalue weighted by Gasteiger charge is -2.24. The van der Waals surface area contributed by atoms with E-state index in [9.17, 15) is 9.90 Å². The molecular weight excluding hydrogens is 270 g/mol. The van der Waals surface area contributed by atoms with Crippen molar-refractivity contribution >= 4 is 5.97 Å². The summed E-state index contributed by atoms with van der Waals surface area (Å²) in [4.78, 5) is 11.9. The number of esters is 1. The Morgan fingerprint density at radius 3 is 2.38 bits per heavy atom. The summed E-state index contributed by atoms with van der Waals surface area (Å²) in [7, 11) is 1.25. The molecule has 1 rings (SSSR count). The number of nitrogens with one attached hydrogen (secondary N) is 1. The second-order valence-corrected chi connectivity index (χ2v) is 4.57. The Bertz CT molecular complexity index is 555. The molecule has 0 amide bonds. The smallest absolute Gasteiger partial charge is 0.323 e. The summed E-state index contributed by atoms with van der Waals surface area (Å²) in [6.45, 7) is 1.69. The van der Waals surface area contributed by atoms with Crippen molar-refractivity contribution in [3.63, 3.8) is 0 Å². The van der Waals surface area contributed by atoms with Gasteiger partial charge in [0.15, 0.2) is 5.54 Å². The lowest BCUT2D eigenvalue weighted by molar-refractivity contribution is -0.143. The Hall–Kier alpha value is -2.57. The molecule has 0 heterocycles. The Morgan fingerprint density at radius 1 is 1.38 bits per heavy atom. The van der Waals surface area contributed by atoms with E-state index >= 15 is 0 Å². The molecule has 1 unspecified atom stereocenters. The third kappa shape index (κ3) is 4.20. The number of carbonyl (C=O) groups excluding carboxylic acids is 1. The zero-order valence-corrected chi connectivity index (χ0v) is 12.0. The molecule has 0 saturated heterocycles. The maximum absolute atomic E-state index is 11.9. The fraction of sp³-hybridized carbons (Fsp3) is 0.400. The van der Waals surface area contributed by atoms with Crippen molar-refractivity contribution in [2.24, 2.45) is 0 Å². The number of benzene rings is 1. The van der Waals surface area contributed by atoms with E-state index in [1.807, 2.05) is 12.1 Å². The minimum Gasteiger partial charge on any atom is -0.508 e. The van der Waals surface area contributed by atoms with E-state index in [0.29, 0.717) is 0 Å². The highest BCUT2D eigenvalue weighted by atomic mass is 16.5. The predicted molar refractivity (Wildman–Crippen MR) is 75.0 cm³/mol. The minimum absolute atomic E-state index is 0.123. The second kappa shape index (κ2) is 7.28. The van der Waals surface area contributed by atoms with Gasteiger partial charge in [-0.2, -0.15) is 10.5 Å². The predicted octanol–water partition coefficient (Wildman–Crippen LogP) is 1.26. The Labute approximate surface area is 123 Å². The molecule has 0 fully saturated rings. The number of ether oxygens (including phenoxy) is 1. The lowest BCUT2D eigenvalue weighted by Crippen LogP contribution is -2.52. The molecule has 0 saturated carbocycles. The Morgan fingerprint density at radius 2 is 1.95 bits per heavy atom. The third-order valence-corrected chi connectivity index (χ3v) is 3.19. The monoisotopic (exact) mass is 287 g/mol. The van der Waals surface area contributed by atoms with Crippen LogP contribution in [0.15, 0.2) is 24.3 Å². The van der Waals surface area contributed by atoms with Crippen LogP contribution >= 0.6 is 0 Å². The molecule has 0 aromatic heterocycles. The quantitative estimate of drug-likeness (QED) is 0.763. The van der Waals surface area contributed by atoms with Crippen molar-refractivity contribution in [2.75, 3.05) is 7.11 Å². The van der Waals surface area contributed by atoms with Crippen LogP contribution in [0, 0.1) is 22.7 Å². The third-order valence-electron chi connectivity index (χ3n) is 3.19. The average Bonchev–Trinajstić information content (AvgIpc) is 2.53. The van der Waals surface area contributed by atoms with E-state index in [0.717, 1.165) is 5.56 Å². The van der Waals surface area contributed by atoms with Crippen molar-refractivity contribution in [1.82, 2.24) is 5.32 Å². The van der Waals surface area contributed by atoms with E-state index in [1.165, 1.54) is 19.2 Å². The summed E-state index contributed by atoms with van der Waals surface area (Å²) in [5.74, 6) is -0.426. The van der Waals surface area contributed by atoms with Gasteiger partial charge in [0.25, 0.3) is 0 Å². The molecule has 0 aliphatic rings. The highest BCUT2D eigenvalue weighted by Crippen LogP contribution is 2.15. The zero-order chi connectivity index (χ0) is 15.9. The van der Waals surface area contributed by atoms with Crippen molar-refractivity contribution in [3.05, 3.63) is 29.8 Å². The molecule has 0 aliphatic heterocycles. The molecule has 1 aromatic carbocycles. The van der Waals surface area contributed by atoms with Gasteiger partial charge < -0.3 is 9.84 Å². The van der Waals surface area contributed by atoms with Crippen LogP contribution in [0.5, 0.6) is 5.75 Å². The molecule has 1 atom stereocenters. The van der Waals surface area contributed by atoms with Gasteiger partial charge in [-0.3, -0.25) is 10.1 Å². The Kier molecular flexibility index (Phi) is 5.71. The molecule has 6 heteroatoms. The molecule has 0 aliphatic carbocycles. The van der Waals surface area contributed by atoms with Crippen molar-refractivity contribution in [1.29, 1.82) is 10.5 Å². The average molecular weight is 287 g/mol. The molecule has 21 heavy (non-hydrogen) atoms. The topological polar surface area (TPSA) is 106 Å². The summed E-state index contributed by atoms with van der Waals surface area (Å²) in [5, 5.41) is 30.3. The minimum atomic E-state index is -1.43. The molecule has 0 bridgehead atoms. The number of phenolic OH excluding ortho intramolecular Hbond substituents is 1. The van der Waals surface area contributed by atoms with Crippen LogP contribution in [0.3, 0.4) is 0 Å². The maximum Gasteiger partial charge on any atom is 0.323 e. The SMILES string of the molecule is CCC(C#N)(C#N)NC(Cc1ccc(O)cc1)C(=O)OC. The van der Waals surface area contributed by atoms with E-state index < -0.39 is 17.6 Å². The van der Waals surface area contributed by atoms with E-state index in [-0.39, 0.29) is 18.6 Å². The first kappa shape index (κ1) is 16.5. The van der Waals surface area contributed by atoms with Crippen molar-refractivity contribution in [2.45, 2.75) is 31.3 Å². The highest BCUT2D eigenvalue weighted by Gasteiger charge is 2.34. The van der Waals surface area contributed by atoms with Crippen LogP contribution in [-0.2, 0) is 16.0 Å². The summed E-state index contributed by atoms with van der Waals surface area (Å²) >= 11 is 0. The van der Waals surface area contributed by atoms with Gasteiger partial charge in [0.1, 0.15) is 23.9 Å². The zero-order valence-electron chi connectivity index (χ0n) is 12.0. The number of nitriles is 2. The van der Waals surface area contributed by atoms with Gasteiger partial charge in [-0.05, 0) is 30.5 Å². The van der Waals surface area contributed by atoms with Crippen molar-refractivity contribution in [3.8, 4) is 17.9 Å².